The molecule has 0 bridgehead atoms. The minimum atomic E-state index is 0.620. The molecule has 0 saturated carbocycles. The smallest absolute Gasteiger partial charge is 0.0367 e. The summed E-state index contributed by atoms with van der Waals surface area (Å²) in [6.45, 7) is 4.09. The Labute approximate surface area is 139 Å². The molecule has 0 aromatic heterocycles. The number of aryl methyl sites for hydroxylation is 1. The zero-order chi connectivity index (χ0) is 14.2. The van der Waals surface area contributed by atoms with Crippen LogP contribution in [0.25, 0.3) is 0 Å². The van der Waals surface area contributed by atoms with E-state index in [2.05, 4.69) is 66.3 Å². The van der Waals surface area contributed by atoms with Crippen LogP contribution in [0.1, 0.15) is 24.8 Å². The Morgan fingerprint density at radius 1 is 1.10 bits per heavy atom. The highest BCUT2D eigenvalue weighted by Crippen LogP contribution is 2.18. The molecule has 1 fully saturated rings. The third kappa shape index (κ3) is 5.38. The van der Waals surface area contributed by atoms with Crippen molar-refractivity contribution in [2.45, 2.75) is 30.5 Å². The number of hydrogen-bond donors (Lipinski definition) is 0. The van der Waals surface area contributed by atoms with Gasteiger partial charge in [-0.3, -0.25) is 0 Å². The molecule has 0 N–H and O–H groups in total. The lowest BCUT2D eigenvalue weighted by Crippen LogP contribution is -2.40. The molecule has 4 heteroatoms. The van der Waals surface area contributed by atoms with E-state index in [1.54, 1.807) is 0 Å². The molecule has 2 nitrogen and oxygen atoms in total. The molecule has 1 aromatic carbocycles. The van der Waals surface area contributed by atoms with Gasteiger partial charge in [0.05, 0.1) is 0 Å². The van der Waals surface area contributed by atoms with Gasteiger partial charge in [0.15, 0.2) is 0 Å². The SMILES string of the molecule is BrCC(Br)CCCCc1ccc(N2CC[N]CC2)cc1. The van der Waals surface area contributed by atoms with Crippen molar-refractivity contribution in [3.63, 3.8) is 0 Å². The van der Waals surface area contributed by atoms with Gasteiger partial charge < -0.3 is 4.90 Å². The summed E-state index contributed by atoms with van der Waals surface area (Å²) >= 11 is 7.16. The summed E-state index contributed by atoms with van der Waals surface area (Å²) in [5, 5.41) is 5.44. The summed E-state index contributed by atoms with van der Waals surface area (Å²) in [7, 11) is 0. The third-order valence-electron chi connectivity index (χ3n) is 3.76. The Hall–Kier alpha value is -0.0600. The number of piperazine rings is 1. The molecule has 111 valence electrons. The van der Waals surface area contributed by atoms with Gasteiger partial charge in [0.25, 0.3) is 0 Å². The molecule has 1 saturated heterocycles. The van der Waals surface area contributed by atoms with E-state index in [9.17, 15) is 0 Å². The minimum Gasteiger partial charge on any atom is -0.369 e. The Balaban J connectivity index is 1.73. The number of halogens is 2. The van der Waals surface area contributed by atoms with E-state index in [0.717, 1.165) is 31.5 Å². The number of rotatable bonds is 7. The van der Waals surface area contributed by atoms with Gasteiger partial charge in [0.2, 0.25) is 0 Å². The van der Waals surface area contributed by atoms with Gasteiger partial charge in [0, 0.05) is 42.0 Å². The number of benzene rings is 1. The van der Waals surface area contributed by atoms with Gasteiger partial charge in [-0.2, -0.15) is 0 Å². The standard InChI is InChI=1S/C16H23Br2N2/c17-13-15(18)4-2-1-3-14-5-7-16(8-6-14)20-11-9-19-10-12-20/h5-8,15H,1-4,9-13H2. The molecule has 1 heterocycles. The number of alkyl halides is 2. The Bertz CT molecular complexity index is 375. The van der Waals surface area contributed by atoms with Crippen LogP contribution in [0.5, 0.6) is 0 Å². The molecule has 2 rings (SSSR count). The Morgan fingerprint density at radius 3 is 2.45 bits per heavy atom. The van der Waals surface area contributed by atoms with Crippen molar-refractivity contribution < 1.29 is 0 Å². The van der Waals surface area contributed by atoms with Crippen LogP contribution < -0.4 is 10.2 Å². The predicted molar refractivity (Wildman–Crippen MR) is 94.6 cm³/mol. The minimum absolute atomic E-state index is 0.620. The van der Waals surface area contributed by atoms with Crippen LogP contribution in [0, 0.1) is 0 Å². The van der Waals surface area contributed by atoms with E-state index in [1.165, 1.54) is 36.9 Å². The lowest BCUT2D eigenvalue weighted by molar-refractivity contribution is 0.579. The summed E-state index contributed by atoms with van der Waals surface area (Å²) in [6, 6.07) is 9.12. The number of nitrogens with zero attached hydrogens (tertiary/aromatic N) is 2. The Morgan fingerprint density at radius 2 is 1.80 bits per heavy atom. The second-order valence-corrected chi connectivity index (χ2v) is 7.26. The summed E-state index contributed by atoms with van der Waals surface area (Å²) in [6.07, 6.45) is 5.01. The fourth-order valence-electron chi connectivity index (χ4n) is 2.51. The van der Waals surface area contributed by atoms with Crippen LogP contribution >= 0.6 is 31.9 Å². The van der Waals surface area contributed by atoms with Gasteiger partial charge in [-0.15, -0.1) is 0 Å². The first-order valence-corrected chi connectivity index (χ1v) is 9.50. The van der Waals surface area contributed by atoms with Crippen LogP contribution in [0.3, 0.4) is 0 Å². The second-order valence-electron chi connectivity index (χ2n) is 5.32. The summed E-state index contributed by atoms with van der Waals surface area (Å²) < 4.78 is 0. The van der Waals surface area contributed by atoms with Gasteiger partial charge in [-0.1, -0.05) is 50.4 Å². The lowest BCUT2D eigenvalue weighted by Gasteiger charge is -2.28. The van der Waals surface area contributed by atoms with Crippen molar-refractivity contribution in [3.05, 3.63) is 29.8 Å². The van der Waals surface area contributed by atoms with E-state index in [4.69, 9.17) is 0 Å². The van der Waals surface area contributed by atoms with Crippen molar-refractivity contribution in [3.8, 4) is 0 Å². The van der Waals surface area contributed by atoms with E-state index >= 15 is 0 Å². The molecule has 0 amide bonds. The van der Waals surface area contributed by atoms with Crippen LogP contribution in [0.2, 0.25) is 0 Å². The number of anilines is 1. The molecule has 1 aliphatic heterocycles. The largest absolute Gasteiger partial charge is 0.369 e. The Kier molecular flexibility index (Phi) is 7.39. The zero-order valence-corrected chi connectivity index (χ0v) is 15.1. The second kappa shape index (κ2) is 9.06. The first-order chi connectivity index (χ1) is 9.79. The average Bonchev–Trinajstić information content (AvgIpc) is 2.52. The van der Waals surface area contributed by atoms with Crippen LogP contribution in [0.4, 0.5) is 5.69 Å². The van der Waals surface area contributed by atoms with Gasteiger partial charge in [-0.25, -0.2) is 5.32 Å². The normalized spacial score (nSPS) is 17.2. The molecule has 0 aliphatic carbocycles. The first-order valence-electron chi connectivity index (χ1n) is 7.47. The first kappa shape index (κ1) is 16.3. The molecule has 20 heavy (non-hydrogen) atoms. The summed E-state index contributed by atoms with van der Waals surface area (Å²) in [5.41, 5.74) is 2.81. The number of hydrogen-bond acceptors (Lipinski definition) is 1. The van der Waals surface area contributed by atoms with Crippen LogP contribution in [-0.4, -0.2) is 36.3 Å². The van der Waals surface area contributed by atoms with E-state index in [0.29, 0.717) is 4.83 Å². The maximum absolute atomic E-state index is 4.39. The van der Waals surface area contributed by atoms with Crippen molar-refractivity contribution >= 4 is 37.5 Å². The van der Waals surface area contributed by atoms with Gasteiger partial charge >= 0.3 is 0 Å². The monoisotopic (exact) mass is 401 g/mol. The molecule has 1 radical (unpaired) electrons. The van der Waals surface area contributed by atoms with E-state index < -0.39 is 0 Å². The molecule has 1 atom stereocenters. The lowest BCUT2D eigenvalue weighted by atomic mass is 10.1. The zero-order valence-electron chi connectivity index (χ0n) is 11.9. The molecular formula is C16H23Br2N2. The molecule has 1 aliphatic rings. The highest BCUT2D eigenvalue weighted by molar-refractivity contribution is 9.12. The number of unbranched alkanes of at least 4 members (excludes halogenated alkanes) is 1. The van der Waals surface area contributed by atoms with E-state index in [-0.39, 0.29) is 0 Å². The quantitative estimate of drug-likeness (QED) is 0.498. The van der Waals surface area contributed by atoms with Gasteiger partial charge in [0.1, 0.15) is 0 Å². The maximum atomic E-state index is 4.39. The van der Waals surface area contributed by atoms with Crippen molar-refractivity contribution in [1.29, 1.82) is 0 Å². The molecular weight excluding hydrogens is 380 g/mol. The van der Waals surface area contributed by atoms with E-state index in [1.807, 2.05) is 0 Å². The fourth-order valence-corrected chi connectivity index (χ4v) is 3.16. The third-order valence-corrected chi connectivity index (χ3v) is 6.19. The van der Waals surface area contributed by atoms with Crippen molar-refractivity contribution in [1.82, 2.24) is 5.32 Å². The van der Waals surface area contributed by atoms with Crippen molar-refractivity contribution in [2.24, 2.45) is 0 Å². The fraction of sp³-hybridized carbons (Fsp3) is 0.625. The van der Waals surface area contributed by atoms with Crippen LogP contribution in [-0.2, 0) is 6.42 Å². The molecule has 0 spiro atoms. The molecule has 1 unspecified atom stereocenters. The highest BCUT2D eigenvalue weighted by atomic mass is 79.9. The van der Waals surface area contributed by atoms with Gasteiger partial charge in [-0.05, 0) is 37.0 Å². The van der Waals surface area contributed by atoms with Crippen molar-refractivity contribution in [2.75, 3.05) is 36.4 Å². The summed E-state index contributed by atoms with van der Waals surface area (Å²) in [4.78, 5) is 3.05. The predicted octanol–water partition coefficient (Wildman–Crippen LogP) is 3.98. The van der Waals surface area contributed by atoms with Crippen LogP contribution in [0.15, 0.2) is 24.3 Å². The summed E-state index contributed by atoms with van der Waals surface area (Å²) in [5.74, 6) is 0. The topological polar surface area (TPSA) is 17.3 Å². The average molecular weight is 403 g/mol. The molecule has 1 aromatic rings. The highest BCUT2D eigenvalue weighted by Gasteiger charge is 2.10. The maximum Gasteiger partial charge on any atom is 0.0367 e.